The molecule has 10 nitrogen and oxygen atoms in total. The lowest BCUT2D eigenvalue weighted by atomic mass is 10.1. The van der Waals surface area contributed by atoms with Gasteiger partial charge in [0.25, 0.3) is 11.6 Å². The minimum Gasteiger partial charge on any atom is -0.504 e. The maximum absolute atomic E-state index is 13.1. The number of nitrogens with zero attached hydrogens (tertiary/aromatic N) is 1. The molecule has 3 aromatic rings. The van der Waals surface area contributed by atoms with E-state index in [1.54, 1.807) is 0 Å². The topological polar surface area (TPSA) is 162 Å². The molecule has 0 heterocycles. The third-order valence-electron chi connectivity index (χ3n) is 4.37. The van der Waals surface area contributed by atoms with E-state index in [0.717, 1.165) is 24.3 Å². The smallest absolute Gasteiger partial charge is 0.269 e. The van der Waals surface area contributed by atoms with Crippen molar-refractivity contribution in [1.82, 2.24) is 0 Å². The van der Waals surface area contributed by atoms with E-state index in [1.165, 1.54) is 43.5 Å². The van der Waals surface area contributed by atoms with Crippen LogP contribution in [0.1, 0.15) is 10.4 Å². The number of aromatic hydroxyl groups is 1. The standard InChI is InChI=1S/C20H17N3O7S/c1-30-17-10-5-12(11-16(17)24)22-20(25)19-15(21)3-2-4-18(19)31(28,29)14-8-6-13(7-9-14)23(26)27/h2-11,24H,21H2,1H3,(H,22,25). The van der Waals surface area contributed by atoms with Crippen LogP contribution in [-0.2, 0) is 9.84 Å². The largest absolute Gasteiger partial charge is 0.504 e. The summed E-state index contributed by atoms with van der Waals surface area (Å²) in [7, 11) is -2.86. The van der Waals surface area contributed by atoms with Crippen LogP contribution in [0.4, 0.5) is 17.1 Å². The first kappa shape index (κ1) is 21.6. The highest BCUT2D eigenvalue weighted by Gasteiger charge is 2.27. The van der Waals surface area contributed by atoms with Gasteiger partial charge in [0.2, 0.25) is 9.84 Å². The molecule has 0 radical (unpaired) electrons. The fourth-order valence-electron chi connectivity index (χ4n) is 2.85. The summed E-state index contributed by atoms with van der Waals surface area (Å²) in [5.74, 6) is -0.845. The van der Waals surface area contributed by atoms with Gasteiger partial charge >= 0.3 is 0 Å². The maximum atomic E-state index is 13.1. The summed E-state index contributed by atoms with van der Waals surface area (Å²) in [5, 5.41) is 23.2. The highest BCUT2D eigenvalue weighted by molar-refractivity contribution is 7.91. The first-order valence-electron chi connectivity index (χ1n) is 8.71. The van der Waals surface area contributed by atoms with E-state index in [4.69, 9.17) is 10.5 Å². The number of anilines is 2. The summed E-state index contributed by atoms with van der Waals surface area (Å²) in [6, 6.07) is 12.4. The molecule has 160 valence electrons. The first-order chi connectivity index (χ1) is 14.6. The molecular formula is C20H17N3O7S. The Morgan fingerprint density at radius 3 is 2.39 bits per heavy atom. The lowest BCUT2D eigenvalue weighted by molar-refractivity contribution is -0.384. The Bertz CT molecular complexity index is 1270. The predicted molar refractivity (Wildman–Crippen MR) is 112 cm³/mol. The second-order valence-corrected chi connectivity index (χ2v) is 8.23. The summed E-state index contributed by atoms with van der Waals surface area (Å²) in [5.41, 5.74) is 5.44. The number of sulfone groups is 1. The zero-order valence-corrected chi connectivity index (χ0v) is 16.9. The molecule has 0 saturated carbocycles. The van der Waals surface area contributed by atoms with Gasteiger partial charge in [-0.1, -0.05) is 6.07 Å². The maximum Gasteiger partial charge on any atom is 0.269 e. The number of carbonyl (C=O) groups is 1. The summed E-state index contributed by atoms with van der Waals surface area (Å²) < 4.78 is 31.2. The number of nitrogens with two attached hydrogens (primary N) is 1. The van der Waals surface area contributed by atoms with Crippen LogP contribution in [0.2, 0.25) is 0 Å². The molecular weight excluding hydrogens is 426 g/mol. The molecule has 0 atom stereocenters. The average molecular weight is 443 g/mol. The molecule has 0 aliphatic rings. The van der Waals surface area contributed by atoms with Gasteiger partial charge in [0, 0.05) is 29.6 Å². The van der Waals surface area contributed by atoms with Crippen LogP contribution < -0.4 is 15.8 Å². The fraction of sp³-hybridized carbons (Fsp3) is 0.0500. The van der Waals surface area contributed by atoms with Gasteiger partial charge in [-0.05, 0) is 36.4 Å². The zero-order valence-electron chi connectivity index (χ0n) is 16.1. The lowest BCUT2D eigenvalue weighted by Crippen LogP contribution is -2.18. The molecule has 0 bridgehead atoms. The van der Waals surface area contributed by atoms with E-state index in [0.29, 0.717) is 0 Å². The average Bonchev–Trinajstić information content (AvgIpc) is 2.73. The molecule has 0 aromatic heterocycles. The molecule has 3 aromatic carbocycles. The summed E-state index contributed by atoms with van der Waals surface area (Å²) in [6.45, 7) is 0. The first-order valence-corrected chi connectivity index (χ1v) is 10.2. The van der Waals surface area contributed by atoms with Gasteiger partial charge in [-0.15, -0.1) is 0 Å². The molecule has 11 heteroatoms. The van der Waals surface area contributed by atoms with E-state index in [1.807, 2.05) is 0 Å². The van der Waals surface area contributed by atoms with Gasteiger partial charge in [0.1, 0.15) is 0 Å². The van der Waals surface area contributed by atoms with Crippen molar-refractivity contribution in [3.8, 4) is 11.5 Å². The van der Waals surface area contributed by atoms with Crippen LogP contribution in [-0.4, -0.2) is 31.5 Å². The number of non-ortho nitro benzene ring substituents is 1. The van der Waals surface area contributed by atoms with Gasteiger partial charge in [0.05, 0.1) is 27.4 Å². The van der Waals surface area contributed by atoms with Crippen LogP contribution in [0.15, 0.2) is 70.5 Å². The highest BCUT2D eigenvalue weighted by Crippen LogP contribution is 2.31. The van der Waals surface area contributed by atoms with Crippen LogP contribution in [0.25, 0.3) is 0 Å². The van der Waals surface area contributed by atoms with Gasteiger partial charge in [0.15, 0.2) is 11.5 Å². The van der Waals surface area contributed by atoms with Crippen LogP contribution in [0, 0.1) is 10.1 Å². The van der Waals surface area contributed by atoms with E-state index in [2.05, 4.69) is 5.32 Å². The third kappa shape index (κ3) is 4.26. The predicted octanol–water partition coefficient (Wildman–Crippen LogP) is 2.98. The Labute approximate surface area is 177 Å². The third-order valence-corrected chi connectivity index (χ3v) is 6.18. The molecule has 3 rings (SSSR count). The van der Waals surface area contributed by atoms with Crippen molar-refractivity contribution in [3.63, 3.8) is 0 Å². The number of nitrogens with one attached hydrogen (secondary N) is 1. The van der Waals surface area contributed by atoms with Gasteiger partial charge in [-0.2, -0.15) is 0 Å². The van der Waals surface area contributed by atoms with Gasteiger partial charge in [-0.25, -0.2) is 8.42 Å². The van der Waals surface area contributed by atoms with E-state index in [9.17, 15) is 28.4 Å². The minimum atomic E-state index is -4.22. The Hall–Kier alpha value is -4.12. The lowest BCUT2D eigenvalue weighted by Gasteiger charge is -2.14. The van der Waals surface area contributed by atoms with Gasteiger partial charge in [-0.3, -0.25) is 14.9 Å². The van der Waals surface area contributed by atoms with E-state index in [-0.39, 0.29) is 43.9 Å². The number of phenols is 1. The Kier molecular flexibility index (Phi) is 5.79. The monoisotopic (exact) mass is 443 g/mol. The molecule has 0 aliphatic heterocycles. The molecule has 0 aliphatic carbocycles. The highest BCUT2D eigenvalue weighted by atomic mass is 32.2. The number of phenolic OH excluding ortho intramolecular Hbond substituents is 1. The summed E-state index contributed by atoms with van der Waals surface area (Å²) >= 11 is 0. The number of nitro benzene ring substituents is 1. The number of rotatable bonds is 6. The van der Waals surface area contributed by atoms with Gasteiger partial charge < -0.3 is 20.9 Å². The van der Waals surface area contributed by atoms with Crippen molar-refractivity contribution in [1.29, 1.82) is 0 Å². The Morgan fingerprint density at radius 2 is 1.81 bits per heavy atom. The zero-order chi connectivity index (χ0) is 22.8. The number of ether oxygens (including phenoxy) is 1. The van der Waals surface area contributed by atoms with Crippen molar-refractivity contribution < 1.29 is 28.0 Å². The molecule has 0 fully saturated rings. The molecule has 0 unspecified atom stereocenters. The number of nitrogen functional groups attached to an aromatic ring is 1. The van der Waals surface area contributed by atoms with Crippen LogP contribution >= 0.6 is 0 Å². The number of hydrogen-bond acceptors (Lipinski definition) is 8. The Morgan fingerprint density at radius 1 is 1.13 bits per heavy atom. The number of benzene rings is 3. The normalized spacial score (nSPS) is 11.0. The van der Waals surface area contributed by atoms with E-state index >= 15 is 0 Å². The van der Waals surface area contributed by atoms with Crippen molar-refractivity contribution in [3.05, 3.63) is 76.3 Å². The molecule has 0 spiro atoms. The van der Waals surface area contributed by atoms with Crippen LogP contribution in [0.5, 0.6) is 11.5 Å². The van der Waals surface area contributed by atoms with Crippen molar-refractivity contribution in [2.45, 2.75) is 9.79 Å². The number of amides is 1. The number of carbonyl (C=O) groups excluding carboxylic acids is 1. The second-order valence-electron chi connectivity index (χ2n) is 6.32. The number of methoxy groups -OCH3 is 1. The van der Waals surface area contributed by atoms with E-state index < -0.39 is 20.7 Å². The van der Waals surface area contributed by atoms with Crippen LogP contribution in [0.3, 0.4) is 0 Å². The molecule has 0 saturated heterocycles. The van der Waals surface area contributed by atoms with Crippen molar-refractivity contribution >= 4 is 32.8 Å². The molecule has 31 heavy (non-hydrogen) atoms. The van der Waals surface area contributed by atoms with Crippen molar-refractivity contribution in [2.24, 2.45) is 0 Å². The second kappa shape index (κ2) is 8.32. The minimum absolute atomic E-state index is 0.0850. The molecule has 1 amide bonds. The SMILES string of the molecule is COc1ccc(NC(=O)c2c(N)cccc2S(=O)(=O)c2ccc([N+](=O)[O-])cc2)cc1O. The van der Waals surface area contributed by atoms with Crippen molar-refractivity contribution in [2.75, 3.05) is 18.2 Å². The summed E-state index contributed by atoms with van der Waals surface area (Å²) in [6.07, 6.45) is 0. The number of nitro groups is 1. The quantitative estimate of drug-likeness (QED) is 0.297. The fourth-order valence-corrected chi connectivity index (χ4v) is 4.34. The summed E-state index contributed by atoms with van der Waals surface area (Å²) in [4.78, 5) is 22.5. The number of hydrogen-bond donors (Lipinski definition) is 3. The Balaban J connectivity index is 2.02. The molecule has 4 N–H and O–H groups in total.